The van der Waals surface area contributed by atoms with Crippen LogP contribution in [-0.4, -0.2) is 67.6 Å². The van der Waals surface area contributed by atoms with Crippen molar-refractivity contribution < 1.29 is 18.3 Å². The molecule has 2 aliphatic heterocycles. The van der Waals surface area contributed by atoms with Crippen molar-refractivity contribution in [3.05, 3.63) is 23.8 Å². The van der Waals surface area contributed by atoms with Crippen LogP contribution in [0.15, 0.2) is 12.1 Å². The highest BCUT2D eigenvalue weighted by atomic mass is 19.1. The van der Waals surface area contributed by atoms with E-state index >= 15 is 0 Å². The molecular weight excluding hydrogens is 340 g/mol. The molecule has 1 aromatic rings. The van der Waals surface area contributed by atoms with Crippen LogP contribution < -0.4 is 9.64 Å². The highest BCUT2D eigenvalue weighted by molar-refractivity contribution is 5.78. The van der Waals surface area contributed by atoms with Crippen LogP contribution in [0.1, 0.15) is 26.7 Å². The van der Waals surface area contributed by atoms with E-state index in [9.17, 15) is 13.6 Å². The maximum absolute atomic E-state index is 14.5. The molecule has 2 heterocycles. The van der Waals surface area contributed by atoms with Crippen LogP contribution >= 0.6 is 0 Å². The number of halogens is 2. The average molecular weight is 367 g/mol. The molecule has 0 unspecified atom stereocenters. The number of hydrogen-bond acceptors (Lipinski definition) is 4. The highest BCUT2D eigenvalue weighted by Crippen LogP contribution is 2.29. The number of piperazine rings is 1. The minimum Gasteiger partial charge on any atom is -0.484 e. The first-order chi connectivity index (χ1) is 12.5. The standard InChI is InChI=1S/C19H27F2N3O2/c1-14(2)22-7-9-24(10-8-22)19-16(20)11-15(12-17(19)21)26-13-18(25)23-5-3-4-6-23/h11-12,14H,3-10,13H2,1-2H3. The molecule has 0 N–H and O–H groups in total. The number of carbonyl (C=O) groups is 1. The summed E-state index contributed by atoms with van der Waals surface area (Å²) >= 11 is 0. The Bertz CT molecular complexity index is 617. The van der Waals surface area contributed by atoms with Gasteiger partial charge in [0.2, 0.25) is 0 Å². The number of nitrogens with zero attached hydrogens (tertiary/aromatic N) is 3. The Morgan fingerprint density at radius 2 is 1.62 bits per heavy atom. The van der Waals surface area contributed by atoms with Crippen LogP contribution in [0.4, 0.5) is 14.5 Å². The quantitative estimate of drug-likeness (QED) is 0.801. The molecule has 1 aromatic carbocycles. The van der Waals surface area contributed by atoms with Gasteiger partial charge >= 0.3 is 0 Å². The summed E-state index contributed by atoms with van der Waals surface area (Å²) in [7, 11) is 0. The van der Waals surface area contributed by atoms with Crippen LogP contribution in [0.3, 0.4) is 0 Å². The van der Waals surface area contributed by atoms with Crippen LogP contribution in [0.5, 0.6) is 5.75 Å². The Balaban J connectivity index is 1.62. The lowest BCUT2D eigenvalue weighted by Gasteiger charge is -2.38. The Morgan fingerprint density at radius 3 is 2.15 bits per heavy atom. The Kier molecular flexibility index (Phi) is 5.96. The fraction of sp³-hybridized carbons (Fsp3) is 0.632. The molecule has 2 saturated heterocycles. The number of amides is 1. The molecule has 0 atom stereocenters. The monoisotopic (exact) mass is 367 g/mol. The summed E-state index contributed by atoms with van der Waals surface area (Å²) in [5.41, 5.74) is -0.00775. The molecule has 0 saturated carbocycles. The maximum Gasteiger partial charge on any atom is 0.260 e. The van der Waals surface area contributed by atoms with Crippen molar-refractivity contribution in [2.75, 3.05) is 50.8 Å². The zero-order chi connectivity index (χ0) is 18.7. The van der Waals surface area contributed by atoms with E-state index in [0.29, 0.717) is 19.1 Å². The topological polar surface area (TPSA) is 36.0 Å². The molecule has 0 aliphatic carbocycles. The Morgan fingerprint density at radius 1 is 1.04 bits per heavy atom. The van der Waals surface area contributed by atoms with Gasteiger partial charge in [-0.05, 0) is 26.7 Å². The van der Waals surface area contributed by atoms with E-state index in [4.69, 9.17) is 4.74 Å². The molecule has 144 valence electrons. The molecule has 0 spiro atoms. The Hall–Kier alpha value is -1.89. The van der Waals surface area contributed by atoms with Crippen molar-refractivity contribution in [2.24, 2.45) is 0 Å². The van der Waals surface area contributed by atoms with Crippen molar-refractivity contribution in [1.82, 2.24) is 9.80 Å². The molecule has 5 nitrogen and oxygen atoms in total. The van der Waals surface area contributed by atoms with Crippen molar-refractivity contribution in [3.8, 4) is 5.75 Å². The van der Waals surface area contributed by atoms with Crippen molar-refractivity contribution in [1.29, 1.82) is 0 Å². The summed E-state index contributed by atoms with van der Waals surface area (Å²) < 4.78 is 34.3. The van der Waals surface area contributed by atoms with Gasteiger partial charge in [0, 0.05) is 57.4 Å². The van der Waals surface area contributed by atoms with E-state index in [0.717, 1.165) is 39.0 Å². The second-order valence-electron chi connectivity index (χ2n) is 7.23. The molecular formula is C19H27F2N3O2. The molecule has 0 aromatic heterocycles. The third kappa shape index (κ3) is 4.26. The van der Waals surface area contributed by atoms with Crippen molar-refractivity contribution >= 4 is 11.6 Å². The maximum atomic E-state index is 14.5. The smallest absolute Gasteiger partial charge is 0.260 e. The van der Waals surface area contributed by atoms with Crippen LogP contribution in [0, 0.1) is 11.6 Å². The van der Waals surface area contributed by atoms with E-state index in [1.807, 2.05) is 0 Å². The molecule has 7 heteroatoms. The number of benzene rings is 1. The van der Waals surface area contributed by atoms with Crippen molar-refractivity contribution in [3.63, 3.8) is 0 Å². The number of ether oxygens (including phenoxy) is 1. The van der Waals surface area contributed by atoms with Gasteiger partial charge in [-0.25, -0.2) is 8.78 Å². The first-order valence-electron chi connectivity index (χ1n) is 9.34. The first kappa shape index (κ1) is 18.9. The molecule has 3 rings (SSSR count). The van der Waals surface area contributed by atoms with Crippen LogP contribution in [0.2, 0.25) is 0 Å². The van der Waals surface area contributed by atoms with E-state index in [1.54, 1.807) is 9.80 Å². The predicted molar refractivity (Wildman–Crippen MR) is 96.6 cm³/mol. The van der Waals surface area contributed by atoms with Gasteiger partial charge in [0.1, 0.15) is 11.4 Å². The van der Waals surface area contributed by atoms with Gasteiger partial charge in [-0.1, -0.05) is 0 Å². The van der Waals surface area contributed by atoms with Crippen LogP contribution in [0.25, 0.3) is 0 Å². The minimum absolute atomic E-state index is 0.00775. The summed E-state index contributed by atoms with van der Waals surface area (Å²) in [6.45, 7) is 8.22. The average Bonchev–Trinajstić information content (AvgIpc) is 3.14. The molecule has 2 fully saturated rings. The van der Waals surface area contributed by atoms with E-state index in [-0.39, 0.29) is 24.0 Å². The van der Waals surface area contributed by atoms with Gasteiger partial charge in [0.15, 0.2) is 18.2 Å². The highest BCUT2D eigenvalue weighted by Gasteiger charge is 2.25. The molecule has 26 heavy (non-hydrogen) atoms. The SMILES string of the molecule is CC(C)N1CCN(c2c(F)cc(OCC(=O)N3CCCC3)cc2F)CC1. The number of rotatable bonds is 5. The van der Waals surface area contributed by atoms with Gasteiger partial charge in [-0.3, -0.25) is 9.69 Å². The number of hydrogen-bond donors (Lipinski definition) is 0. The summed E-state index contributed by atoms with van der Waals surface area (Å²) in [4.78, 5) is 17.7. The zero-order valence-electron chi connectivity index (χ0n) is 15.5. The number of likely N-dealkylation sites (tertiary alicyclic amines) is 1. The molecule has 1 amide bonds. The summed E-state index contributed by atoms with van der Waals surface area (Å²) in [6.07, 6.45) is 1.99. The lowest BCUT2D eigenvalue weighted by Crippen LogP contribution is -2.49. The van der Waals surface area contributed by atoms with E-state index in [1.165, 1.54) is 12.1 Å². The molecule has 0 radical (unpaired) electrons. The number of carbonyl (C=O) groups excluding carboxylic acids is 1. The predicted octanol–water partition coefficient (Wildman–Crippen LogP) is 2.50. The van der Waals surface area contributed by atoms with Gasteiger partial charge < -0.3 is 14.5 Å². The van der Waals surface area contributed by atoms with Crippen molar-refractivity contribution in [2.45, 2.75) is 32.7 Å². The van der Waals surface area contributed by atoms with Gasteiger partial charge in [0.25, 0.3) is 5.91 Å². The normalized spacial score (nSPS) is 18.7. The third-order valence-corrected chi connectivity index (χ3v) is 5.17. The van der Waals surface area contributed by atoms with E-state index in [2.05, 4.69) is 18.7 Å². The summed E-state index contributed by atoms with van der Waals surface area (Å²) in [5, 5.41) is 0. The molecule has 0 bridgehead atoms. The summed E-state index contributed by atoms with van der Waals surface area (Å²) in [5.74, 6) is -1.38. The first-order valence-corrected chi connectivity index (χ1v) is 9.34. The number of anilines is 1. The Labute approximate surface area is 153 Å². The zero-order valence-corrected chi connectivity index (χ0v) is 15.5. The van der Waals surface area contributed by atoms with Gasteiger partial charge in [-0.2, -0.15) is 0 Å². The minimum atomic E-state index is -0.647. The lowest BCUT2D eigenvalue weighted by molar-refractivity contribution is -0.132. The van der Waals surface area contributed by atoms with Crippen LogP contribution in [-0.2, 0) is 4.79 Å². The summed E-state index contributed by atoms with van der Waals surface area (Å²) in [6, 6.07) is 2.77. The fourth-order valence-electron chi connectivity index (χ4n) is 3.59. The second-order valence-corrected chi connectivity index (χ2v) is 7.23. The third-order valence-electron chi connectivity index (χ3n) is 5.17. The van der Waals surface area contributed by atoms with E-state index < -0.39 is 11.6 Å². The van der Waals surface area contributed by atoms with Gasteiger partial charge in [0.05, 0.1) is 0 Å². The second kappa shape index (κ2) is 8.20. The molecule has 2 aliphatic rings. The fourth-order valence-corrected chi connectivity index (χ4v) is 3.59. The van der Waals surface area contributed by atoms with Gasteiger partial charge in [-0.15, -0.1) is 0 Å². The lowest BCUT2D eigenvalue weighted by atomic mass is 10.2. The largest absolute Gasteiger partial charge is 0.484 e.